The fraction of sp³-hybridized carbons (Fsp3) is 0.0435. The largest absolute Gasteiger partial charge is 0.507 e. The molecule has 0 radical (unpaired) electrons. The first-order chi connectivity index (χ1) is 15.2. The highest BCUT2D eigenvalue weighted by atomic mass is 32.2. The Kier molecular flexibility index (Phi) is 5.37. The lowest BCUT2D eigenvalue weighted by Crippen LogP contribution is -2.30. The van der Waals surface area contributed by atoms with Crippen molar-refractivity contribution in [3.05, 3.63) is 101 Å². The summed E-state index contributed by atoms with van der Waals surface area (Å²) in [6, 6.07) is 17.4. The molecule has 1 amide bonds. The van der Waals surface area contributed by atoms with Crippen LogP contribution < -0.4 is 10.0 Å². The second kappa shape index (κ2) is 8.03. The van der Waals surface area contributed by atoms with Crippen molar-refractivity contribution in [1.29, 1.82) is 0 Å². The van der Waals surface area contributed by atoms with Crippen molar-refractivity contribution >= 4 is 33.2 Å². The van der Waals surface area contributed by atoms with Crippen molar-refractivity contribution in [1.82, 2.24) is 0 Å². The normalized spacial score (nSPS) is 18.2. The highest BCUT2D eigenvalue weighted by molar-refractivity contribution is 7.89. The first-order valence-electron chi connectivity index (χ1n) is 9.44. The van der Waals surface area contributed by atoms with E-state index in [1.807, 2.05) is 0 Å². The van der Waals surface area contributed by atoms with Crippen LogP contribution in [0.2, 0.25) is 0 Å². The van der Waals surface area contributed by atoms with Gasteiger partial charge in [0.1, 0.15) is 11.6 Å². The van der Waals surface area contributed by atoms with Crippen LogP contribution in [0, 0.1) is 5.82 Å². The smallest absolute Gasteiger partial charge is 0.300 e. The van der Waals surface area contributed by atoms with Crippen LogP contribution in [0.25, 0.3) is 5.76 Å². The van der Waals surface area contributed by atoms with Gasteiger partial charge in [0.15, 0.2) is 0 Å². The third-order valence-electron chi connectivity index (χ3n) is 5.13. The van der Waals surface area contributed by atoms with E-state index in [4.69, 9.17) is 5.14 Å². The molecule has 7 nitrogen and oxygen atoms in total. The molecular weight excluding hydrogens is 435 g/mol. The Labute approximate surface area is 183 Å². The molecule has 3 N–H and O–H groups in total. The quantitative estimate of drug-likeness (QED) is 0.358. The third kappa shape index (κ3) is 3.68. The summed E-state index contributed by atoms with van der Waals surface area (Å²) in [4.78, 5) is 26.8. The summed E-state index contributed by atoms with van der Waals surface area (Å²) >= 11 is 0. The Bertz CT molecular complexity index is 1350. The Hall–Kier alpha value is -3.82. The predicted molar refractivity (Wildman–Crippen MR) is 115 cm³/mol. The molecule has 32 heavy (non-hydrogen) atoms. The summed E-state index contributed by atoms with van der Waals surface area (Å²) in [7, 11) is -3.98. The molecule has 0 aliphatic carbocycles. The van der Waals surface area contributed by atoms with Crippen molar-refractivity contribution < 1.29 is 27.5 Å². The zero-order valence-electron chi connectivity index (χ0n) is 16.5. The molecule has 162 valence electrons. The highest BCUT2D eigenvalue weighted by Gasteiger charge is 2.47. The molecule has 1 aliphatic heterocycles. The van der Waals surface area contributed by atoms with Gasteiger partial charge in [-0.3, -0.25) is 14.5 Å². The number of sulfonamides is 1. The SMILES string of the molecule is NS(=O)(=O)c1ccc(N2C(=O)C(=O)/C(=C(/O)c3ccccc3)C2c2ccccc2F)cc1. The van der Waals surface area contributed by atoms with Gasteiger partial charge in [-0.1, -0.05) is 48.5 Å². The van der Waals surface area contributed by atoms with Crippen molar-refractivity contribution in [2.75, 3.05) is 4.90 Å². The van der Waals surface area contributed by atoms with E-state index in [9.17, 15) is 27.5 Å². The van der Waals surface area contributed by atoms with Gasteiger partial charge in [-0.15, -0.1) is 0 Å². The number of halogens is 1. The Balaban J connectivity index is 1.94. The van der Waals surface area contributed by atoms with Gasteiger partial charge in [0.05, 0.1) is 16.5 Å². The number of benzene rings is 3. The number of nitrogens with zero attached hydrogens (tertiary/aromatic N) is 1. The van der Waals surface area contributed by atoms with Crippen LogP contribution in [0.15, 0.2) is 89.3 Å². The standard InChI is InChI=1S/C23H17FN2O5S/c24-18-9-5-4-8-17(18)20-19(21(27)14-6-2-1-3-7-14)22(28)23(29)26(20)15-10-12-16(13-11-15)32(25,30)31/h1-13,20,27H,(H2,25,30,31)/b21-19+. The molecule has 1 fully saturated rings. The maximum Gasteiger partial charge on any atom is 0.300 e. The molecule has 0 bridgehead atoms. The van der Waals surface area contributed by atoms with Crippen LogP contribution in [-0.4, -0.2) is 25.2 Å². The van der Waals surface area contributed by atoms with Crippen LogP contribution in [0.1, 0.15) is 17.2 Å². The minimum Gasteiger partial charge on any atom is -0.507 e. The van der Waals surface area contributed by atoms with Crippen LogP contribution >= 0.6 is 0 Å². The number of carbonyl (C=O) groups is 2. The first kappa shape index (κ1) is 21.4. The average Bonchev–Trinajstić information content (AvgIpc) is 3.04. The number of carbonyl (C=O) groups excluding carboxylic acids is 2. The third-order valence-corrected chi connectivity index (χ3v) is 6.06. The minimum atomic E-state index is -3.98. The Morgan fingerprint density at radius 2 is 1.50 bits per heavy atom. The van der Waals surface area contributed by atoms with Crippen molar-refractivity contribution in [3.8, 4) is 0 Å². The maximum absolute atomic E-state index is 14.8. The summed E-state index contributed by atoms with van der Waals surface area (Å²) in [5.41, 5.74) is 0.151. The van der Waals surface area contributed by atoms with Crippen molar-refractivity contribution in [2.45, 2.75) is 10.9 Å². The van der Waals surface area contributed by atoms with E-state index in [1.165, 1.54) is 42.5 Å². The van der Waals surface area contributed by atoms with E-state index in [-0.39, 0.29) is 27.3 Å². The highest BCUT2D eigenvalue weighted by Crippen LogP contribution is 2.42. The predicted octanol–water partition coefficient (Wildman–Crippen LogP) is 3.10. The number of aliphatic hydroxyl groups excluding tert-OH is 1. The maximum atomic E-state index is 14.8. The molecule has 0 aromatic heterocycles. The lowest BCUT2D eigenvalue weighted by atomic mass is 9.95. The number of hydrogen-bond acceptors (Lipinski definition) is 5. The summed E-state index contributed by atoms with van der Waals surface area (Å²) in [6.07, 6.45) is 0. The lowest BCUT2D eigenvalue weighted by molar-refractivity contribution is -0.132. The first-order valence-corrected chi connectivity index (χ1v) is 11.0. The van der Waals surface area contributed by atoms with E-state index >= 15 is 0 Å². The fourth-order valence-electron chi connectivity index (χ4n) is 3.64. The molecular formula is C23H17FN2O5S. The van der Waals surface area contributed by atoms with E-state index in [1.54, 1.807) is 36.4 Å². The number of primary sulfonamides is 1. The molecule has 4 rings (SSSR count). The number of ketones is 1. The summed E-state index contributed by atoms with van der Waals surface area (Å²) in [5, 5.41) is 16.0. The van der Waals surface area contributed by atoms with Crippen molar-refractivity contribution in [3.63, 3.8) is 0 Å². The van der Waals surface area contributed by atoms with E-state index < -0.39 is 39.3 Å². The van der Waals surface area contributed by atoms with Crippen LogP contribution in [0.4, 0.5) is 10.1 Å². The number of hydrogen-bond donors (Lipinski definition) is 2. The second-order valence-electron chi connectivity index (χ2n) is 7.10. The number of Topliss-reactive ketones (excluding diaryl/α,β-unsaturated/α-hetero) is 1. The topological polar surface area (TPSA) is 118 Å². The average molecular weight is 452 g/mol. The lowest BCUT2D eigenvalue weighted by Gasteiger charge is -2.25. The van der Waals surface area contributed by atoms with E-state index in [0.29, 0.717) is 0 Å². The number of amides is 1. The van der Waals surface area contributed by atoms with Gasteiger partial charge in [0.2, 0.25) is 10.0 Å². The second-order valence-corrected chi connectivity index (χ2v) is 8.66. The molecule has 9 heteroatoms. The van der Waals surface area contributed by atoms with Crippen LogP contribution in [-0.2, 0) is 19.6 Å². The molecule has 0 spiro atoms. The zero-order chi connectivity index (χ0) is 23.0. The molecule has 1 atom stereocenters. The number of anilines is 1. The molecule has 1 saturated heterocycles. The minimum absolute atomic E-state index is 0.000274. The molecule has 1 heterocycles. The molecule has 1 aliphatic rings. The fourth-order valence-corrected chi connectivity index (χ4v) is 4.15. The zero-order valence-corrected chi connectivity index (χ0v) is 17.3. The van der Waals surface area contributed by atoms with Gasteiger partial charge in [0.25, 0.3) is 11.7 Å². The molecule has 0 saturated carbocycles. The Morgan fingerprint density at radius 3 is 2.09 bits per heavy atom. The molecule has 1 unspecified atom stereocenters. The summed E-state index contributed by atoms with van der Waals surface area (Å²) < 4.78 is 37.9. The number of aliphatic hydroxyl groups is 1. The van der Waals surface area contributed by atoms with E-state index in [0.717, 1.165) is 4.90 Å². The van der Waals surface area contributed by atoms with Gasteiger partial charge in [-0.25, -0.2) is 17.9 Å². The van der Waals surface area contributed by atoms with E-state index in [2.05, 4.69) is 0 Å². The number of rotatable bonds is 4. The summed E-state index contributed by atoms with van der Waals surface area (Å²) in [6.45, 7) is 0. The van der Waals surface area contributed by atoms with Crippen LogP contribution in [0.5, 0.6) is 0 Å². The van der Waals surface area contributed by atoms with Crippen molar-refractivity contribution in [2.24, 2.45) is 5.14 Å². The van der Waals surface area contributed by atoms with Gasteiger partial charge in [-0.2, -0.15) is 0 Å². The number of nitrogens with two attached hydrogens (primary N) is 1. The van der Waals surface area contributed by atoms with Gasteiger partial charge < -0.3 is 5.11 Å². The molecule has 3 aromatic carbocycles. The van der Waals surface area contributed by atoms with Gasteiger partial charge >= 0.3 is 0 Å². The summed E-state index contributed by atoms with van der Waals surface area (Å²) in [5.74, 6) is -3.10. The molecule has 3 aromatic rings. The monoisotopic (exact) mass is 452 g/mol. The Morgan fingerprint density at radius 1 is 0.906 bits per heavy atom. The van der Waals surface area contributed by atoms with Crippen LogP contribution in [0.3, 0.4) is 0 Å². The van der Waals surface area contributed by atoms with Gasteiger partial charge in [0, 0.05) is 16.8 Å². The van der Waals surface area contributed by atoms with Gasteiger partial charge in [-0.05, 0) is 30.3 Å².